The molecule has 14 heteroatoms. The highest BCUT2D eigenvalue weighted by Crippen LogP contribution is 2.72. The summed E-state index contributed by atoms with van der Waals surface area (Å²) in [7, 11) is 0. The van der Waals surface area contributed by atoms with Crippen molar-refractivity contribution in [2.24, 2.45) is 10.8 Å². The van der Waals surface area contributed by atoms with Gasteiger partial charge in [-0.1, -0.05) is 65.1 Å². The van der Waals surface area contributed by atoms with E-state index in [9.17, 15) is 19.2 Å². The lowest BCUT2D eigenvalue weighted by Gasteiger charge is -2.46. The van der Waals surface area contributed by atoms with Crippen LogP contribution in [0.4, 0.5) is 4.79 Å². The molecule has 1 aliphatic carbocycles. The van der Waals surface area contributed by atoms with Gasteiger partial charge < -0.3 is 20.7 Å². The monoisotopic (exact) mass is 533 g/mol. The van der Waals surface area contributed by atoms with Crippen LogP contribution >= 0.6 is 46.6 Å². The number of hydrogen-bond acceptors (Lipinski definition) is 7. The molecule has 4 atom stereocenters. The number of alkyl halides is 3. The summed E-state index contributed by atoms with van der Waals surface area (Å²) in [4.78, 5) is 51.2. The molecule has 1 saturated carbocycles. The molecule has 0 radical (unpaired) electrons. The molecule has 0 bridgehead atoms. The number of urea groups is 1. The highest BCUT2D eigenvalue weighted by atomic mass is 35.6. The first-order valence-electron chi connectivity index (χ1n) is 9.64. The number of fused-ring (bicyclic) bond motifs is 3. The SMILES string of the molecule is CC12CC1(C(=O)OCC(Cl)(Cl)Cl)N1C(=O)C(NC(=O)C(=NNC(N)=O)c3ccccc3)[C@H]1S2. The van der Waals surface area contributed by atoms with Crippen LogP contribution < -0.4 is 16.5 Å². The number of rotatable bonds is 6. The lowest BCUT2D eigenvalue weighted by molar-refractivity contribution is -0.166. The van der Waals surface area contributed by atoms with Crippen LogP contribution in [0.3, 0.4) is 0 Å². The molecule has 1 aromatic carbocycles. The fourth-order valence-electron chi connectivity index (χ4n) is 4.13. The van der Waals surface area contributed by atoms with E-state index in [2.05, 4.69) is 10.4 Å². The molecule has 2 heterocycles. The number of esters is 1. The third-order valence-electron chi connectivity index (χ3n) is 5.71. The quantitative estimate of drug-likeness (QED) is 0.165. The summed E-state index contributed by atoms with van der Waals surface area (Å²) in [5, 5.41) is 5.94. The lowest BCUT2D eigenvalue weighted by atomic mass is 10.00. The molecule has 4 rings (SSSR count). The molecule has 4 N–H and O–H groups in total. The molecule has 2 saturated heterocycles. The number of hydrazone groups is 1. The lowest BCUT2D eigenvalue weighted by Crippen LogP contribution is -2.72. The summed E-state index contributed by atoms with van der Waals surface area (Å²) in [5.41, 5.74) is 6.20. The van der Waals surface area contributed by atoms with Gasteiger partial charge in [-0.25, -0.2) is 15.0 Å². The summed E-state index contributed by atoms with van der Waals surface area (Å²) in [5.74, 6) is -1.78. The Bertz CT molecular complexity index is 1070. The van der Waals surface area contributed by atoms with E-state index in [4.69, 9.17) is 45.3 Å². The fraction of sp³-hybridized carbons (Fsp3) is 0.421. The molecule has 2 aliphatic heterocycles. The van der Waals surface area contributed by atoms with Crippen molar-refractivity contribution in [3.8, 4) is 0 Å². The number of hydrogen-bond donors (Lipinski definition) is 3. The van der Waals surface area contributed by atoms with E-state index in [0.29, 0.717) is 12.0 Å². The topological polar surface area (TPSA) is 143 Å². The molecule has 1 aromatic rings. The van der Waals surface area contributed by atoms with Crippen molar-refractivity contribution in [3.05, 3.63) is 35.9 Å². The predicted octanol–water partition coefficient (Wildman–Crippen LogP) is 1.27. The third kappa shape index (κ3) is 4.11. The number of halogens is 3. The Morgan fingerprint density at radius 1 is 1.30 bits per heavy atom. The Morgan fingerprint density at radius 3 is 2.58 bits per heavy atom. The summed E-state index contributed by atoms with van der Waals surface area (Å²) in [6, 6.07) is 6.51. The van der Waals surface area contributed by atoms with E-state index in [1.807, 2.05) is 12.3 Å². The van der Waals surface area contributed by atoms with Gasteiger partial charge in [-0.15, -0.1) is 11.8 Å². The van der Waals surface area contributed by atoms with Gasteiger partial charge in [-0.05, 0) is 6.92 Å². The van der Waals surface area contributed by atoms with Crippen molar-refractivity contribution >= 4 is 76.1 Å². The fourth-order valence-corrected chi connectivity index (χ4v) is 6.20. The Labute approximate surface area is 207 Å². The van der Waals surface area contributed by atoms with Crippen molar-refractivity contribution in [1.29, 1.82) is 0 Å². The van der Waals surface area contributed by atoms with Gasteiger partial charge in [0.1, 0.15) is 18.0 Å². The zero-order chi connectivity index (χ0) is 24.2. The van der Waals surface area contributed by atoms with Gasteiger partial charge in [0.15, 0.2) is 11.3 Å². The van der Waals surface area contributed by atoms with E-state index in [0.717, 1.165) is 0 Å². The minimum Gasteiger partial charge on any atom is -0.459 e. The first-order valence-corrected chi connectivity index (χ1v) is 11.7. The van der Waals surface area contributed by atoms with Crippen LogP contribution in [0.5, 0.6) is 0 Å². The largest absolute Gasteiger partial charge is 0.459 e. The Kier molecular flexibility index (Phi) is 5.97. The van der Waals surface area contributed by atoms with Crippen LogP contribution in [-0.4, -0.2) is 66.5 Å². The summed E-state index contributed by atoms with van der Waals surface area (Å²) in [6.07, 6.45) is 0.394. The van der Waals surface area contributed by atoms with E-state index in [-0.39, 0.29) is 5.71 Å². The van der Waals surface area contributed by atoms with Gasteiger partial charge in [0.05, 0.1) is 4.75 Å². The number of ether oxygens (including phenoxy) is 1. The molecule has 3 fully saturated rings. The number of nitrogens with one attached hydrogen (secondary N) is 2. The van der Waals surface area contributed by atoms with E-state index < -0.39 is 55.9 Å². The van der Waals surface area contributed by atoms with Gasteiger partial charge in [-0.3, -0.25) is 9.59 Å². The number of thioether (sulfide) groups is 1. The highest BCUT2D eigenvalue weighted by molar-refractivity contribution is 8.02. The smallest absolute Gasteiger partial charge is 0.333 e. The van der Waals surface area contributed by atoms with Crippen LogP contribution in [0.1, 0.15) is 18.9 Å². The molecular formula is C19H18Cl3N5O5S. The average Bonchev–Trinajstić information content (AvgIpc) is 3.27. The molecule has 0 spiro atoms. The van der Waals surface area contributed by atoms with Gasteiger partial charge in [0.25, 0.3) is 5.91 Å². The van der Waals surface area contributed by atoms with Gasteiger partial charge in [-0.2, -0.15) is 5.10 Å². The maximum atomic E-state index is 13.0. The molecule has 176 valence electrons. The Balaban J connectivity index is 1.49. The van der Waals surface area contributed by atoms with E-state index >= 15 is 0 Å². The van der Waals surface area contributed by atoms with Gasteiger partial charge in [0.2, 0.25) is 9.70 Å². The number of carbonyl (C=O) groups is 4. The van der Waals surface area contributed by atoms with Crippen LogP contribution in [0, 0.1) is 0 Å². The number of benzene rings is 1. The average molecular weight is 535 g/mol. The number of nitrogens with two attached hydrogens (primary N) is 1. The van der Waals surface area contributed by atoms with Crippen LogP contribution in [0.2, 0.25) is 0 Å². The zero-order valence-electron chi connectivity index (χ0n) is 17.0. The number of amides is 4. The van der Waals surface area contributed by atoms with Crippen LogP contribution in [0.15, 0.2) is 35.4 Å². The predicted molar refractivity (Wildman–Crippen MR) is 123 cm³/mol. The highest BCUT2D eigenvalue weighted by Gasteiger charge is 2.85. The number of carbonyl (C=O) groups excluding carboxylic acids is 4. The Hall–Kier alpha value is -2.21. The van der Waals surface area contributed by atoms with Crippen molar-refractivity contribution in [2.75, 3.05) is 6.61 Å². The second kappa shape index (κ2) is 8.23. The van der Waals surface area contributed by atoms with Crippen LogP contribution in [0.25, 0.3) is 0 Å². The summed E-state index contributed by atoms with van der Waals surface area (Å²) >= 11 is 18.4. The van der Waals surface area contributed by atoms with Gasteiger partial charge in [0, 0.05) is 12.0 Å². The number of primary amides is 1. The summed E-state index contributed by atoms with van der Waals surface area (Å²) in [6.45, 7) is 1.39. The van der Waals surface area contributed by atoms with Crippen molar-refractivity contribution in [3.63, 3.8) is 0 Å². The van der Waals surface area contributed by atoms with Crippen molar-refractivity contribution in [2.45, 2.75) is 38.8 Å². The van der Waals surface area contributed by atoms with Crippen molar-refractivity contribution < 1.29 is 23.9 Å². The number of β-lactam (4-membered cyclic amide) rings is 1. The number of nitrogens with zero attached hydrogens (tertiary/aromatic N) is 2. The standard InChI is InChI=1S/C19H18Cl3N5O5S/c1-17-7-18(17,15(30)32-8-19(20,21)22)27-13(29)11(14(27)33-17)24-12(28)10(25-26-16(23)31)9-5-3-2-4-6-9/h2-6,11,14H,7-8H2,1H3,(H,24,28)(H3,23,26,31)/t11?,14-,17?,18?/m1/s1. The van der Waals surface area contributed by atoms with Crippen LogP contribution in [-0.2, 0) is 19.1 Å². The zero-order valence-corrected chi connectivity index (χ0v) is 20.1. The maximum Gasteiger partial charge on any atom is 0.333 e. The molecular weight excluding hydrogens is 517 g/mol. The molecule has 10 nitrogen and oxygen atoms in total. The van der Waals surface area contributed by atoms with Crippen molar-refractivity contribution in [1.82, 2.24) is 15.6 Å². The first kappa shape index (κ1) is 23.9. The van der Waals surface area contributed by atoms with Gasteiger partial charge >= 0.3 is 12.0 Å². The van der Waals surface area contributed by atoms with E-state index in [1.165, 1.54) is 16.7 Å². The normalized spacial score (nSPS) is 30.0. The minimum absolute atomic E-state index is 0.128. The molecule has 3 aliphatic rings. The molecule has 3 unspecified atom stereocenters. The summed E-state index contributed by atoms with van der Waals surface area (Å²) < 4.78 is 2.81. The van der Waals surface area contributed by atoms with E-state index in [1.54, 1.807) is 30.3 Å². The second-order valence-corrected chi connectivity index (χ2v) is 12.1. The molecule has 0 aromatic heterocycles. The Morgan fingerprint density at radius 2 is 1.97 bits per heavy atom. The molecule has 33 heavy (non-hydrogen) atoms. The first-order chi connectivity index (χ1) is 15.4. The minimum atomic E-state index is -1.77. The second-order valence-electron chi connectivity index (χ2n) is 7.93. The maximum absolute atomic E-state index is 13.0. The molecule has 4 amide bonds. The third-order valence-corrected chi connectivity index (χ3v) is 7.76.